The number of carbonyl (C=O) groups is 1. The summed E-state index contributed by atoms with van der Waals surface area (Å²) in [6.45, 7) is 0.528. The molecule has 1 aromatic heterocycles. The lowest BCUT2D eigenvalue weighted by Gasteiger charge is -2.06. The van der Waals surface area contributed by atoms with Crippen molar-refractivity contribution in [3.63, 3.8) is 0 Å². The average molecular weight is 365 g/mol. The molecule has 1 amide bonds. The molecule has 0 saturated heterocycles. The molecular formula is C20H19N3O2S. The first-order valence-electron chi connectivity index (χ1n) is 8.16. The van der Waals surface area contributed by atoms with Crippen LogP contribution in [0.1, 0.15) is 5.56 Å². The third kappa shape index (κ3) is 5.07. The molecule has 132 valence electrons. The monoisotopic (exact) mass is 365 g/mol. The molecule has 2 aromatic carbocycles. The molecule has 0 saturated carbocycles. The summed E-state index contributed by atoms with van der Waals surface area (Å²) in [5.41, 5.74) is 2.78. The first-order chi connectivity index (χ1) is 12.7. The number of carbonyl (C=O) groups excluding carboxylic acids is 1. The molecule has 0 aliphatic heterocycles. The van der Waals surface area contributed by atoms with E-state index < -0.39 is 0 Å². The Kier molecular flexibility index (Phi) is 6.22. The van der Waals surface area contributed by atoms with Gasteiger partial charge in [0.05, 0.1) is 18.6 Å². The number of nitrogens with one attached hydrogen (secondary N) is 1. The van der Waals surface area contributed by atoms with Crippen LogP contribution in [0.5, 0.6) is 5.75 Å². The van der Waals surface area contributed by atoms with Crippen molar-refractivity contribution in [2.75, 3.05) is 12.9 Å². The molecule has 3 rings (SSSR count). The van der Waals surface area contributed by atoms with Crippen molar-refractivity contribution in [3.8, 4) is 17.0 Å². The fraction of sp³-hybridized carbons (Fsp3) is 0.150. The molecule has 5 nitrogen and oxygen atoms in total. The van der Waals surface area contributed by atoms with E-state index in [-0.39, 0.29) is 5.91 Å². The van der Waals surface area contributed by atoms with Crippen molar-refractivity contribution in [2.24, 2.45) is 0 Å². The van der Waals surface area contributed by atoms with Crippen LogP contribution in [-0.4, -0.2) is 29.0 Å². The maximum absolute atomic E-state index is 12.0. The molecule has 0 radical (unpaired) electrons. The SMILES string of the molecule is COc1cccc(-c2ccc(SCC(=O)NCc3ccccc3)nn2)c1. The van der Waals surface area contributed by atoms with E-state index in [2.05, 4.69) is 15.5 Å². The Bertz CT molecular complexity index is 854. The minimum atomic E-state index is -0.0301. The summed E-state index contributed by atoms with van der Waals surface area (Å²) in [6.07, 6.45) is 0. The lowest BCUT2D eigenvalue weighted by Crippen LogP contribution is -2.24. The van der Waals surface area contributed by atoms with Gasteiger partial charge in [-0.25, -0.2) is 0 Å². The first kappa shape index (κ1) is 17.9. The van der Waals surface area contributed by atoms with Gasteiger partial charge >= 0.3 is 0 Å². The van der Waals surface area contributed by atoms with Crippen LogP contribution in [0.25, 0.3) is 11.3 Å². The number of hydrogen-bond acceptors (Lipinski definition) is 5. The molecule has 0 fully saturated rings. The Balaban J connectivity index is 1.51. The first-order valence-corrected chi connectivity index (χ1v) is 9.15. The zero-order valence-corrected chi connectivity index (χ0v) is 15.2. The van der Waals surface area contributed by atoms with Crippen LogP contribution in [-0.2, 0) is 11.3 Å². The van der Waals surface area contributed by atoms with E-state index in [4.69, 9.17) is 4.74 Å². The largest absolute Gasteiger partial charge is 0.497 e. The van der Waals surface area contributed by atoms with Gasteiger partial charge in [-0.2, -0.15) is 0 Å². The third-order valence-electron chi connectivity index (χ3n) is 3.69. The smallest absolute Gasteiger partial charge is 0.230 e. The van der Waals surface area contributed by atoms with Gasteiger partial charge in [-0.3, -0.25) is 4.79 Å². The molecule has 1 N–H and O–H groups in total. The number of thioether (sulfide) groups is 1. The van der Waals surface area contributed by atoms with Gasteiger partial charge in [0.1, 0.15) is 10.8 Å². The Morgan fingerprint density at radius 3 is 2.62 bits per heavy atom. The van der Waals surface area contributed by atoms with Crippen LogP contribution in [0.2, 0.25) is 0 Å². The van der Waals surface area contributed by atoms with E-state index in [1.807, 2.05) is 66.7 Å². The average Bonchev–Trinajstić information content (AvgIpc) is 2.72. The predicted molar refractivity (Wildman–Crippen MR) is 103 cm³/mol. The lowest BCUT2D eigenvalue weighted by molar-refractivity contribution is -0.118. The van der Waals surface area contributed by atoms with Crippen LogP contribution in [0.3, 0.4) is 0 Å². The van der Waals surface area contributed by atoms with Gasteiger partial charge < -0.3 is 10.1 Å². The number of ether oxygens (including phenoxy) is 1. The van der Waals surface area contributed by atoms with E-state index in [9.17, 15) is 4.79 Å². The number of aromatic nitrogens is 2. The van der Waals surface area contributed by atoms with Crippen LogP contribution in [0.4, 0.5) is 0 Å². The molecule has 6 heteroatoms. The van der Waals surface area contributed by atoms with Gasteiger partial charge in [0, 0.05) is 12.1 Å². The van der Waals surface area contributed by atoms with Gasteiger partial charge in [-0.05, 0) is 29.8 Å². The highest BCUT2D eigenvalue weighted by molar-refractivity contribution is 7.99. The number of nitrogens with zero attached hydrogens (tertiary/aromatic N) is 2. The van der Waals surface area contributed by atoms with Crippen molar-refractivity contribution in [2.45, 2.75) is 11.6 Å². The number of methoxy groups -OCH3 is 1. The van der Waals surface area contributed by atoms with Gasteiger partial charge in [0.15, 0.2) is 0 Å². The summed E-state index contributed by atoms with van der Waals surface area (Å²) >= 11 is 1.36. The number of hydrogen-bond donors (Lipinski definition) is 1. The molecule has 3 aromatic rings. The highest BCUT2D eigenvalue weighted by Crippen LogP contribution is 2.23. The second-order valence-corrected chi connectivity index (χ2v) is 6.54. The summed E-state index contributed by atoms with van der Waals surface area (Å²) in [6, 6.07) is 21.3. The number of amides is 1. The Morgan fingerprint density at radius 2 is 1.88 bits per heavy atom. The molecule has 0 aliphatic carbocycles. The Hall–Kier alpha value is -2.86. The predicted octanol–water partition coefficient (Wildman–Crippen LogP) is 3.56. The Morgan fingerprint density at radius 1 is 1.04 bits per heavy atom. The van der Waals surface area contributed by atoms with E-state index in [1.54, 1.807) is 7.11 Å². The van der Waals surface area contributed by atoms with Crippen LogP contribution in [0, 0.1) is 0 Å². The second kappa shape index (κ2) is 9.01. The number of benzene rings is 2. The van der Waals surface area contributed by atoms with Crippen molar-refractivity contribution >= 4 is 17.7 Å². The van der Waals surface area contributed by atoms with Crippen LogP contribution < -0.4 is 10.1 Å². The zero-order chi connectivity index (χ0) is 18.2. The van der Waals surface area contributed by atoms with Gasteiger partial charge in [0.2, 0.25) is 5.91 Å². The topological polar surface area (TPSA) is 64.1 Å². The number of rotatable bonds is 7. The molecular weight excluding hydrogens is 346 g/mol. The summed E-state index contributed by atoms with van der Waals surface area (Å²) < 4.78 is 5.22. The molecule has 1 heterocycles. The van der Waals surface area contributed by atoms with E-state index >= 15 is 0 Å². The van der Waals surface area contributed by atoms with Crippen molar-refractivity contribution in [3.05, 3.63) is 72.3 Å². The fourth-order valence-corrected chi connectivity index (χ4v) is 2.96. The van der Waals surface area contributed by atoms with Crippen molar-refractivity contribution in [1.82, 2.24) is 15.5 Å². The lowest BCUT2D eigenvalue weighted by atomic mass is 10.1. The molecule has 0 atom stereocenters. The van der Waals surface area contributed by atoms with E-state index in [0.717, 1.165) is 22.6 Å². The van der Waals surface area contributed by atoms with Crippen molar-refractivity contribution in [1.29, 1.82) is 0 Å². The van der Waals surface area contributed by atoms with Crippen molar-refractivity contribution < 1.29 is 9.53 Å². The molecule has 0 bridgehead atoms. The quantitative estimate of drug-likeness (QED) is 0.649. The molecule has 0 spiro atoms. The third-order valence-corrected chi connectivity index (χ3v) is 4.61. The summed E-state index contributed by atoms with van der Waals surface area (Å²) in [5.74, 6) is 1.05. The zero-order valence-electron chi connectivity index (χ0n) is 14.4. The highest BCUT2D eigenvalue weighted by atomic mass is 32.2. The van der Waals surface area contributed by atoms with Gasteiger partial charge in [-0.15, -0.1) is 10.2 Å². The fourth-order valence-electron chi connectivity index (χ4n) is 2.32. The van der Waals surface area contributed by atoms with Crippen LogP contribution >= 0.6 is 11.8 Å². The Labute approximate surface area is 156 Å². The van der Waals surface area contributed by atoms with E-state index in [1.165, 1.54) is 11.8 Å². The molecule has 0 unspecified atom stereocenters. The van der Waals surface area contributed by atoms with Gasteiger partial charge in [0.25, 0.3) is 0 Å². The minimum absolute atomic E-state index is 0.0301. The normalized spacial score (nSPS) is 10.3. The molecule has 26 heavy (non-hydrogen) atoms. The maximum Gasteiger partial charge on any atom is 0.230 e. The maximum atomic E-state index is 12.0. The van der Waals surface area contributed by atoms with Crippen LogP contribution in [0.15, 0.2) is 71.8 Å². The highest BCUT2D eigenvalue weighted by Gasteiger charge is 2.06. The van der Waals surface area contributed by atoms with E-state index in [0.29, 0.717) is 17.3 Å². The summed E-state index contributed by atoms with van der Waals surface area (Å²) in [7, 11) is 1.63. The second-order valence-electron chi connectivity index (χ2n) is 5.54. The van der Waals surface area contributed by atoms with Gasteiger partial charge in [-0.1, -0.05) is 54.2 Å². The summed E-state index contributed by atoms with van der Waals surface area (Å²) in [4.78, 5) is 12.0. The minimum Gasteiger partial charge on any atom is -0.497 e. The standard InChI is InChI=1S/C20H19N3O2S/c1-25-17-9-5-8-16(12-17)18-10-11-20(23-22-18)26-14-19(24)21-13-15-6-3-2-4-7-15/h2-12H,13-14H2,1H3,(H,21,24). The molecule has 0 aliphatic rings. The summed E-state index contributed by atoms with van der Waals surface area (Å²) in [5, 5.41) is 12.0.